The Morgan fingerprint density at radius 1 is 0.882 bits per heavy atom. The molecule has 2 rings (SSSR count). The Bertz CT molecular complexity index is 521. The first-order valence-electron chi connectivity index (χ1n) is 5.60. The van der Waals surface area contributed by atoms with Crippen molar-refractivity contribution in [1.29, 1.82) is 0 Å². The molecule has 0 bridgehead atoms. The van der Waals surface area contributed by atoms with Gasteiger partial charge in [-0.25, -0.2) is 0 Å². The fraction of sp³-hybridized carbons (Fsp3) is 0.0625. The minimum Gasteiger partial charge on any atom is -0.295 e. The van der Waals surface area contributed by atoms with Gasteiger partial charge in [0.2, 0.25) is 0 Å². The summed E-state index contributed by atoms with van der Waals surface area (Å²) in [7, 11) is 0. The van der Waals surface area contributed by atoms with Gasteiger partial charge in [0.15, 0.2) is 5.78 Å². The summed E-state index contributed by atoms with van der Waals surface area (Å²) in [4.78, 5) is 10.8. The van der Waals surface area contributed by atoms with Gasteiger partial charge in [0.25, 0.3) is 0 Å². The molecule has 0 radical (unpaired) electrons. The molecule has 0 amide bonds. The zero-order chi connectivity index (χ0) is 12.1. The lowest BCUT2D eigenvalue weighted by molar-refractivity contribution is -0.112. The average Bonchev–Trinajstić information content (AvgIpc) is 2.38. The number of benzene rings is 2. The van der Waals surface area contributed by atoms with E-state index < -0.39 is 0 Å². The van der Waals surface area contributed by atoms with Gasteiger partial charge in [-0.1, -0.05) is 60.7 Å². The summed E-state index contributed by atoms with van der Waals surface area (Å²) < 4.78 is 0. The van der Waals surface area contributed by atoms with Crippen LogP contribution in [0.15, 0.2) is 60.7 Å². The van der Waals surface area contributed by atoms with Gasteiger partial charge in [-0.15, -0.1) is 0 Å². The zero-order valence-electron chi connectivity index (χ0n) is 9.76. The van der Waals surface area contributed by atoms with E-state index in [2.05, 4.69) is 24.3 Å². The summed E-state index contributed by atoms with van der Waals surface area (Å²) in [5.74, 6) is 0.0668. The third-order valence-corrected chi connectivity index (χ3v) is 2.53. The lowest BCUT2D eigenvalue weighted by Crippen LogP contribution is -1.81. The fourth-order valence-corrected chi connectivity index (χ4v) is 1.63. The first-order chi connectivity index (χ1) is 8.25. The smallest absolute Gasteiger partial charge is 0.152 e. The Morgan fingerprint density at radius 2 is 1.47 bits per heavy atom. The summed E-state index contributed by atoms with van der Waals surface area (Å²) in [6, 6.07) is 18.4. The molecule has 1 nitrogen and oxygen atoms in total. The Kier molecular flexibility index (Phi) is 3.51. The SMILES string of the molecule is CC(=O)/C=C/c1ccc(-c2ccccc2)cc1. The van der Waals surface area contributed by atoms with Crippen molar-refractivity contribution in [2.45, 2.75) is 6.92 Å². The van der Waals surface area contributed by atoms with E-state index in [1.165, 1.54) is 11.1 Å². The third kappa shape index (κ3) is 3.15. The maximum absolute atomic E-state index is 10.8. The number of hydrogen-bond acceptors (Lipinski definition) is 1. The standard InChI is InChI=1S/C16H14O/c1-13(17)7-8-14-9-11-16(12-10-14)15-5-3-2-4-6-15/h2-12H,1H3/b8-7+. The van der Waals surface area contributed by atoms with Crippen LogP contribution in [0.4, 0.5) is 0 Å². The van der Waals surface area contributed by atoms with Crippen LogP contribution in [0.2, 0.25) is 0 Å². The predicted molar refractivity (Wildman–Crippen MR) is 71.6 cm³/mol. The van der Waals surface area contributed by atoms with Crippen molar-refractivity contribution in [1.82, 2.24) is 0 Å². The average molecular weight is 222 g/mol. The Balaban J connectivity index is 2.22. The van der Waals surface area contributed by atoms with E-state index in [9.17, 15) is 4.79 Å². The van der Waals surface area contributed by atoms with Crippen LogP contribution in [0.3, 0.4) is 0 Å². The van der Waals surface area contributed by atoms with Crippen LogP contribution in [0.25, 0.3) is 17.2 Å². The van der Waals surface area contributed by atoms with Crippen LogP contribution in [-0.2, 0) is 4.79 Å². The van der Waals surface area contributed by atoms with Crippen LogP contribution >= 0.6 is 0 Å². The van der Waals surface area contributed by atoms with E-state index >= 15 is 0 Å². The van der Waals surface area contributed by atoms with E-state index in [1.807, 2.05) is 36.4 Å². The first kappa shape index (κ1) is 11.3. The highest BCUT2D eigenvalue weighted by Gasteiger charge is 1.95. The van der Waals surface area contributed by atoms with E-state index in [0.29, 0.717) is 0 Å². The third-order valence-electron chi connectivity index (χ3n) is 2.53. The van der Waals surface area contributed by atoms with Gasteiger partial charge in [0, 0.05) is 0 Å². The Labute approximate surface area is 101 Å². The van der Waals surface area contributed by atoms with Crippen molar-refractivity contribution in [3.63, 3.8) is 0 Å². The van der Waals surface area contributed by atoms with Gasteiger partial charge in [-0.3, -0.25) is 4.79 Å². The lowest BCUT2D eigenvalue weighted by atomic mass is 10.0. The Hall–Kier alpha value is -2.15. The van der Waals surface area contributed by atoms with Crippen molar-refractivity contribution in [2.24, 2.45) is 0 Å². The predicted octanol–water partition coefficient (Wildman–Crippen LogP) is 3.96. The molecule has 0 aliphatic carbocycles. The summed E-state index contributed by atoms with van der Waals surface area (Å²) in [6.45, 7) is 1.55. The van der Waals surface area contributed by atoms with E-state index in [1.54, 1.807) is 13.0 Å². The van der Waals surface area contributed by atoms with Crippen LogP contribution in [-0.4, -0.2) is 5.78 Å². The van der Waals surface area contributed by atoms with Crippen LogP contribution < -0.4 is 0 Å². The quantitative estimate of drug-likeness (QED) is 0.718. The maximum Gasteiger partial charge on any atom is 0.152 e. The molecular weight excluding hydrogens is 208 g/mol. The molecule has 0 saturated heterocycles. The van der Waals surface area contributed by atoms with Crippen molar-refractivity contribution in [3.05, 3.63) is 66.2 Å². The molecule has 0 spiro atoms. The van der Waals surface area contributed by atoms with E-state index in [-0.39, 0.29) is 5.78 Å². The highest BCUT2D eigenvalue weighted by Crippen LogP contribution is 2.19. The largest absolute Gasteiger partial charge is 0.295 e. The second-order valence-corrected chi connectivity index (χ2v) is 3.93. The minimum atomic E-state index is 0.0668. The fourth-order valence-electron chi connectivity index (χ4n) is 1.63. The lowest BCUT2D eigenvalue weighted by Gasteiger charge is -2.01. The number of hydrogen-bond donors (Lipinski definition) is 0. The van der Waals surface area contributed by atoms with Crippen LogP contribution in [0.1, 0.15) is 12.5 Å². The number of rotatable bonds is 3. The highest BCUT2D eigenvalue weighted by molar-refractivity contribution is 5.91. The number of ketones is 1. The van der Waals surface area contributed by atoms with E-state index in [4.69, 9.17) is 0 Å². The molecular formula is C16H14O. The molecule has 0 unspecified atom stereocenters. The van der Waals surface area contributed by atoms with E-state index in [0.717, 1.165) is 5.56 Å². The molecule has 17 heavy (non-hydrogen) atoms. The topological polar surface area (TPSA) is 17.1 Å². The van der Waals surface area contributed by atoms with Crippen molar-refractivity contribution in [3.8, 4) is 11.1 Å². The molecule has 1 heteroatoms. The summed E-state index contributed by atoms with van der Waals surface area (Å²) in [6.07, 6.45) is 3.41. The molecule has 0 fully saturated rings. The molecule has 0 atom stereocenters. The monoisotopic (exact) mass is 222 g/mol. The van der Waals surface area contributed by atoms with Gasteiger partial charge in [0.05, 0.1) is 0 Å². The number of carbonyl (C=O) groups is 1. The minimum absolute atomic E-state index is 0.0668. The molecule has 0 N–H and O–H groups in total. The van der Waals surface area contributed by atoms with Gasteiger partial charge >= 0.3 is 0 Å². The summed E-state index contributed by atoms with van der Waals surface area (Å²) in [5.41, 5.74) is 3.43. The molecule has 0 aromatic heterocycles. The van der Waals surface area contributed by atoms with Gasteiger partial charge in [0.1, 0.15) is 0 Å². The molecule has 84 valence electrons. The number of carbonyl (C=O) groups excluding carboxylic acids is 1. The van der Waals surface area contributed by atoms with Crippen LogP contribution in [0, 0.1) is 0 Å². The molecule has 0 heterocycles. The van der Waals surface area contributed by atoms with Gasteiger partial charge in [-0.05, 0) is 29.7 Å². The molecule has 2 aromatic carbocycles. The van der Waals surface area contributed by atoms with Crippen molar-refractivity contribution >= 4 is 11.9 Å². The second kappa shape index (κ2) is 5.26. The van der Waals surface area contributed by atoms with Crippen LogP contribution in [0.5, 0.6) is 0 Å². The summed E-state index contributed by atoms with van der Waals surface area (Å²) in [5, 5.41) is 0. The molecule has 0 aliphatic heterocycles. The number of allylic oxidation sites excluding steroid dienone is 1. The van der Waals surface area contributed by atoms with Gasteiger partial charge in [-0.2, -0.15) is 0 Å². The summed E-state index contributed by atoms with van der Waals surface area (Å²) >= 11 is 0. The highest BCUT2D eigenvalue weighted by atomic mass is 16.1. The van der Waals surface area contributed by atoms with Crippen molar-refractivity contribution in [2.75, 3.05) is 0 Å². The first-order valence-corrected chi connectivity index (χ1v) is 5.60. The maximum atomic E-state index is 10.8. The van der Waals surface area contributed by atoms with Crippen molar-refractivity contribution < 1.29 is 4.79 Å². The molecule has 0 saturated carbocycles. The molecule has 0 aliphatic rings. The molecule has 2 aromatic rings. The normalized spacial score (nSPS) is 10.6. The Morgan fingerprint density at radius 3 is 2.06 bits per heavy atom. The second-order valence-electron chi connectivity index (χ2n) is 3.93. The van der Waals surface area contributed by atoms with Gasteiger partial charge < -0.3 is 0 Å². The zero-order valence-corrected chi connectivity index (χ0v) is 9.76.